The minimum atomic E-state index is 0.825. The summed E-state index contributed by atoms with van der Waals surface area (Å²) in [6.07, 6.45) is 1.97. The number of hydrogen-bond donors (Lipinski definition) is 1. The summed E-state index contributed by atoms with van der Waals surface area (Å²) >= 11 is 0. The first-order valence-corrected chi connectivity index (χ1v) is 7.53. The Hall–Kier alpha value is -1.87. The Morgan fingerprint density at radius 2 is 1.95 bits per heavy atom. The van der Waals surface area contributed by atoms with Crippen molar-refractivity contribution < 1.29 is 0 Å². The van der Waals surface area contributed by atoms with Gasteiger partial charge in [-0.15, -0.1) is 0 Å². The molecule has 0 fully saturated rings. The van der Waals surface area contributed by atoms with Crippen molar-refractivity contribution in [2.24, 2.45) is 0 Å². The Kier molecular flexibility index (Phi) is 5.34. The fourth-order valence-electron chi connectivity index (χ4n) is 2.48. The number of benzene rings is 1. The van der Waals surface area contributed by atoms with Crippen LogP contribution in [0.25, 0.3) is 0 Å². The second-order valence-corrected chi connectivity index (χ2v) is 5.58. The van der Waals surface area contributed by atoms with E-state index in [0.717, 1.165) is 25.3 Å². The summed E-state index contributed by atoms with van der Waals surface area (Å²) < 4.78 is 0. The van der Waals surface area contributed by atoms with Gasteiger partial charge >= 0.3 is 0 Å². The molecule has 3 heteroatoms. The van der Waals surface area contributed by atoms with Crippen molar-refractivity contribution in [3.8, 4) is 0 Å². The third-order valence-electron chi connectivity index (χ3n) is 3.63. The smallest absolute Gasteiger partial charge is 0.0598 e. The van der Waals surface area contributed by atoms with Gasteiger partial charge in [0.1, 0.15) is 0 Å². The Balaban J connectivity index is 2.03. The van der Waals surface area contributed by atoms with Crippen LogP contribution in [0.1, 0.15) is 29.3 Å². The first-order chi connectivity index (χ1) is 10.1. The van der Waals surface area contributed by atoms with Gasteiger partial charge in [0.2, 0.25) is 0 Å². The normalized spacial score (nSPS) is 10.7. The molecule has 0 bridgehead atoms. The predicted molar refractivity (Wildman–Crippen MR) is 89.6 cm³/mol. The van der Waals surface area contributed by atoms with Gasteiger partial charge in [0.25, 0.3) is 0 Å². The SMILES string of the molecule is CCNCc1ccc(CN(C)c2ccc(C)cc2C)nc1. The van der Waals surface area contributed by atoms with Gasteiger partial charge in [-0.1, -0.05) is 30.7 Å². The summed E-state index contributed by atoms with van der Waals surface area (Å²) in [7, 11) is 2.12. The minimum Gasteiger partial charge on any atom is -0.368 e. The van der Waals surface area contributed by atoms with E-state index in [0.29, 0.717) is 0 Å². The van der Waals surface area contributed by atoms with E-state index < -0.39 is 0 Å². The average Bonchev–Trinajstić information content (AvgIpc) is 2.46. The van der Waals surface area contributed by atoms with Crippen LogP contribution in [0.5, 0.6) is 0 Å². The van der Waals surface area contributed by atoms with Crippen LogP contribution < -0.4 is 10.2 Å². The quantitative estimate of drug-likeness (QED) is 0.880. The Bertz CT molecular complexity index is 576. The second-order valence-electron chi connectivity index (χ2n) is 5.58. The van der Waals surface area contributed by atoms with Crippen molar-refractivity contribution in [2.75, 3.05) is 18.5 Å². The summed E-state index contributed by atoms with van der Waals surface area (Å²) in [6.45, 7) is 9.09. The molecule has 0 saturated carbocycles. The van der Waals surface area contributed by atoms with Crippen LogP contribution in [-0.4, -0.2) is 18.6 Å². The number of aryl methyl sites for hydroxylation is 2. The van der Waals surface area contributed by atoms with E-state index in [4.69, 9.17) is 0 Å². The number of rotatable bonds is 6. The zero-order valence-electron chi connectivity index (χ0n) is 13.5. The highest BCUT2D eigenvalue weighted by molar-refractivity contribution is 5.53. The van der Waals surface area contributed by atoms with Crippen LogP contribution in [0.3, 0.4) is 0 Å². The van der Waals surface area contributed by atoms with Crippen LogP contribution in [0.4, 0.5) is 5.69 Å². The number of anilines is 1. The summed E-state index contributed by atoms with van der Waals surface area (Å²) in [5, 5.41) is 3.31. The molecule has 0 aliphatic heterocycles. The average molecular weight is 283 g/mol. The lowest BCUT2D eigenvalue weighted by molar-refractivity contribution is 0.722. The zero-order chi connectivity index (χ0) is 15.2. The van der Waals surface area contributed by atoms with E-state index >= 15 is 0 Å². The monoisotopic (exact) mass is 283 g/mol. The molecule has 2 aromatic rings. The molecule has 0 spiro atoms. The molecule has 1 N–H and O–H groups in total. The summed E-state index contributed by atoms with van der Waals surface area (Å²) in [4.78, 5) is 6.81. The molecule has 0 atom stereocenters. The van der Waals surface area contributed by atoms with Crippen molar-refractivity contribution in [3.05, 3.63) is 58.9 Å². The van der Waals surface area contributed by atoms with Gasteiger partial charge in [-0.3, -0.25) is 4.98 Å². The van der Waals surface area contributed by atoms with Crippen LogP contribution in [0.15, 0.2) is 36.5 Å². The van der Waals surface area contributed by atoms with Crippen LogP contribution in [0.2, 0.25) is 0 Å². The van der Waals surface area contributed by atoms with Crippen LogP contribution in [-0.2, 0) is 13.1 Å². The van der Waals surface area contributed by atoms with Gasteiger partial charge in [-0.25, -0.2) is 0 Å². The Morgan fingerprint density at radius 3 is 2.57 bits per heavy atom. The number of nitrogens with one attached hydrogen (secondary N) is 1. The maximum absolute atomic E-state index is 4.56. The molecule has 0 amide bonds. The van der Waals surface area contributed by atoms with E-state index in [-0.39, 0.29) is 0 Å². The Morgan fingerprint density at radius 1 is 1.14 bits per heavy atom. The number of pyridine rings is 1. The molecular weight excluding hydrogens is 258 g/mol. The van der Waals surface area contributed by atoms with Gasteiger partial charge in [0, 0.05) is 25.5 Å². The van der Waals surface area contributed by atoms with Crippen molar-refractivity contribution in [2.45, 2.75) is 33.9 Å². The van der Waals surface area contributed by atoms with E-state index in [1.165, 1.54) is 22.4 Å². The highest BCUT2D eigenvalue weighted by Crippen LogP contribution is 2.21. The standard InChI is InChI=1S/C18H25N3/c1-5-19-11-16-7-8-17(20-12-16)13-21(4)18-9-6-14(2)10-15(18)3/h6-10,12,19H,5,11,13H2,1-4H3. The molecule has 0 aliphatic rings. The van der Waals surface area contributed by atoms with Gasteiger partial charge in [-0.2, -0.15) is 0 Å². The summed E-state index contributed by atoms with van der Waals surface area (Å²) in [5.41, 5.74) is 6.20. The van der Waals surface area contributed by atoms with Gasteiger partial charge in [-0.05, 0) is 43.7 Å². The van der Waals surface area contributed by atoms with Crippen LogP contribution >= 0.6 is 0 Å². The minimum absolute atomic E-state index is 0.825. The summed E-state index contributed by atoms with van der Waals surface area (Å²) in [6, 6.07) is 10.8. The van der Waals surface area contributed by atoms with Gasteiger partial charge in [0.05, 0.1) is 12.2 Å². The third kappa shape index (κ3) is 4.30. The van der Waals surface area contributed by atoms with Crippen LogP contribution in [0, 0.1) is 13.8 Å². The topological polar surface area (TPSA) is 28.2 Å². The molecule has 0 radical (unpaired) electrons. The molecule has 3 nitrogen and oxygen atoms in total. The summed E-state index contributed by atoms with van der Waals surface area (Å²) in [5.74, 6) is 0. The Labute approximate surface area is 128 Å². The lowest BCUT2D eigenvalue weighted by Crippen LogP contribution is -2.18. The molecular formula is C18H25N3. The highest BCUT2D eigenvalue weighted by atomic mass is 15.1. The molecule has 0 aliphatic carbocycles. The first kappa shape index (κ1) is 15.5. The van der Waals surface area contributed by atoms with Crippen molar-refractivity contribution in [1.29, 1.82) is 0 Å². The lowest BCUT2D eigenvalue weighted by atomic mass is 10.1. The van der Waals surface area contributed by atoms with Gasteiger partial charge in [0.15, 0.2) is 0 Å². The fraction of sp³-hybridized carbons (Fsp3) is 0.389. The molecule has 2 rings (SSSR count). The third-order valence-corrected chi connectivity index (χ3v) is 3.63. The first-order valence-electron chi connectivity index (χ1n) is 7.53. The van der Waals surface area contributed by atoms with E-state index in [9.17, 15) is 0 Å². The van der Waals surface area contributed by atoms with E-state index in [1.807, 2.05) is 6.20 Å². The molecule has 0 saturated heterocycles. The molecule has 1 aromatic carbocycles. The highest BCUT2D eigenvalue weighted by Gasteiger charge is 2.06. The fourth-order valence-corrected chi connectivity index (χ4v) is 2.48. The lowest BCUT2D eigenvalue weighted by Gasteiger charge is -2.21. The van der Waals surface area contributed by atoms with Crippen molar-refractivity contribution >= 4 is 5.69 Å². The maximum Gasteiger partial charge on any atom is 0.0598 e. The number of nitrogens with zero attached hydrogens (tertiary/aromatic N) is 2. The van der Waals surface area contributed by atoms with E-state index in [1.54, 1.807) is 0 Å². The van der Waals surface area contributed by atoms with E-state index in [2.05, 4.69) is 73.4 Å². The number of hydrogen-bond acceptors (Lipinski definition) is 3. The maximum atomic E-state index is 4.56. The predicted octanol–water partition coefficient (Wildman–Crippen LogP) is 3.44. The zero-order valence-corrected chi connectivity index (χ0v) is 13.5. The molecule has 112 valence electrons. The van der Waals surface area contributed by atoms with Crippen molar-refractivity contribution in [3.63, 3.8) is 0 Å². The van der Waals surface area contributed by atoms with Gasteiger partial charge < -0.3 is 10.2 Å². The van der Waals surface area contributed by atoms with Crippen molar-refractivity contribution in [1.82, 2.24) is 10.3 Å². The number of aromatic nitrogens is 1. The largest absolute Gasteiger partial charge is 0.368 e. The molecule has 1 heterocycles. The second kappa shape index (κ2) is 7.23. The molecule has 0 unspecified atom stereocenters. The molecule has 1 aromatic heterocycles. The molecule has 21 heavy (non-hydrogen) atoms.